The Hall–Kier alpha value is -0.870. The van der Waals surface area contributed by atoms with Crippen molar-refractivity contribution >= 4 is 21.8 Å². The SMILES string of the molecule is Cc1ccc(C(=O)N2C3CCC2CC(O)C3)c(Br)c1. The zero-order valence-corrected chi connectivity index (χ0v) is 12.6. The van der Waals surface area contributed by atoms with Crippen molar-refractivity contribution in [1.82, 2.24) is 4.90 Å². The minimum Gasteiger partial charge on any atom is -0.393 e. The van der Waals surface area contributed by atoms with Crippen LogP contribution in [0.3, 0.4) is 0 Å². The Kier molecular flexibility index (Phi) is 3.39. The van der Waals surface area contributed by atoms with Gasteiger partial charge in [-0.3, -0.25) is 4.79 Å². The first-order valence-corrected chi connectivity index (χ1v) is 7.62. The number of amides is 1. The molecule has 0 aliphatic carbocycles. The van der Waals surface area contributed by atoms with Crippen LogP contribution in [0.15, 0.2) is 22.7 Å². The third-order valence-corrected chi connectivity index (χ3v) is 4.95. The highest BCUT2D eigenvalue weighted by Crippen LogP contribution is 2.37. The monoisotopic (exact) mass is 323 g/mol. The Bertz CT molecular complexity index is 503. The van der Waals surface area contributed by atoms with Crippen LogP contribution in [-0.2, 0) is 0 Å². The molecule has 2 saturated heterocycles. The van der Waals surface area contributed by atoms with Crippen molar-refractivity contribution in [2.24, 2.45) is 0 Å². The first-order valence-electron chi connectivity index (χ1n) is 6.83. The van der Waals surface area contributed by atoms with Crippen molar-refractivity contribution in [3.63, 3.8) is 0 Å². The average molecular weight is 324 g/mol. The average Bonchev–Trinajstić information content (AvgIpc) is 2.61. The number of aliphatic hydroxyl groups is 1. The fourth-order valence-electron chi connectivity index (χ4n) is 3.41. The number of carbonyl (C=O) groups is 1. The summed E-state index contributed by atoms with van der Waals surface area (Å²) >= 11 is 3.49. The summed E-state index contributed by atoms with van der Waals surface area (Å²) in [6.45, 7) is 2.01. The van der Waals surface area contributed by atoms with E-state index in [4.69, 9.17) is 0 Å². The standard InChI is InChI=1S/C15H18BrNO2/c1-9-2-5-13(14(16)6-9)15(19)17-10-3-4-11(17)8-12(18)7-10/h2,5-6,10-12,18H,3-4,7-8H2,1H3. The van der Waals surface area contributed by atoms with Crippen LogP contribution in [0.4, 0.5) is 0 Å². The van der Waals surface area contributed by atoms with Crippen molar-refractivity contribution in [2.45, 2.75) is 50.8 Å². The van der Waals surface area contributed by atoms with E-state index in [2.05, 4.69) is 15.9 Å². The van der Waals surface area contributed by atoms with E-state index in [0.717, 1.165) is 41.3 Å². The van der Waals surface area contributed by atoms with Crippen molar-refractivity contribution in [1.29, 1.82) is 0 Å². The van der Waals surface area contributed by atoms with E-state index in [9.17, 15) is 9.90 Å². The molecule has 19 heavy (non-hydrogen) atoms. The summed E-state index contributed by atoms with van der Waals surface area (Å²) in [5.41, 5.74) is 1.87. The molecule has 0 aromatic heterocycles. The molecule has 2 unspecified atom stereocenters. The lowest BCUT2D eigenvalue weighted by Crippen LogP contribution is -2.48. The normalized spacial score (nSPS) is 29.6. The van der Waals surface area contributed by atoms with Crippen LogP contribution >= 0.6 is 15.9 Å². The maximum atomic E-state index is 12.7. The molecule has 2 fully saturated rings. The van der Waals surface area contributed by atoms with Gasteiger partial charge in [0.2, 0.25) is 0 Å². The third kappa shape index (κ3) is 2.32. The summed E-state index contributed by atoms with van der Waals surface area (Å²) in [5.74, 6) is 0.103. The number of piperidine rings is 1. The van der Waals surface area contributed by atoms with Crippen molar-refractivity contribution in [3.8, 4) is 0 Å². The number of benzene rings is 1. The largest absolute Gasteiger partial charge is 0.393 e. The number of hydrogen-bond acceptors (Lipinski definition) is 2. The second kappa shape index (κ2) is 4.91. The summed E-state index contributed by atoms with van der Waals surface area (Å²) in [6, 6.07) is 6.28. The predicted molar refractivity (Wildman–Crippen MR) is 77.1 cm³/mol. The minimum atomic E-state index is -0.233. The van der Waals surface area contributed by atoms with Gasteiger partial charge in [-0.15, -0.1) is 0 Å². The van der Waals surface area contributed by atoms with Crippen molar-refractivity contribution < 1.29 is 9.90 Å². The number of rotatable bonds is 1. The van der Waals surface area contributed by atoms with Gasteiger partial charge in [0.15, 0.2) is 0 Å². The van der Waals surface area contributed by atoms with Gasteiger partial charge in [-0.1, -0.05) is 6.07 Å². The van der Waals surface area contributed by atoms with Gasteiger partial charge in [-0.2, -0.15) is 0 Å². The molecule has 0 radical (unpaired) electrons. The van der Waals surface area contributed by atoms with Gasteiger partial charge in [-0.25, -0.2) is 0 Å². The molecule has 1 N–H and O–H groups in total. The number of aliphatic hydroxyl groups excluding tert-OH is 1. The predicted octanol–water partition coefficient (Wildman–Crippen LogP) is 2.89. The first kappa shape index (κ1) is 13.1. The van der Waals surface area contributed by atoms with Crippen LogP contribution < -0.4 is 0 Å². The smallest absolute Gasteiger partial charge is 0.255 e. The Labute approximate surface area is 121 Å². The Morgan fingerprint density at radius 2 is 1.95 bits per heavy atom. The molecular formula is C15H18BrNO2. The molecule has 2 atom stereocenters. The highest BCUT2D eigenvalue weighted by Gasteiger charge is 2.43. The Morgan fingerprint density at radius 1 is 1.32 bits per heavy atom. The summed E-state index contributed by atoms with van der Waals surface area (Å²) in [5, 5.41) is 9.80. The molecule has 0 spiro atoms. The summed E-state index contributed by atoms with van der Waals surface area (Å²) in [7, 11) is 0. The topological polar surface area (TPSA) is 40.5 Å². The van der Waals surface area contributed by atoms with E-state index in [-0.39, 0.29) is 24.1 Å². The summed E-state index contributed by atoms with van der Waals surface area (Å²) < 4.78 is 0.864. The fourth-order valence-corrected chi connectivity index (χ4v) is 4.08. The molecule has 2 heterocycles. The summed E-state index contributed by atoms with van der Waals surface area (Å²) in [6.07, 6.45) is 3.27. The summed E-state index contributed by atoms with van der Waals surface area (Å²) in [4.78, 5) is 14.7. The van der Waals surface area contributed by atoms with E-state index in [1.54, 1.807) is 0 Å². The van der Waals surface area contributed by atoms with E-state index in [1.807, 2.05) is 30.0 Å². The minimum absolute atomic E-state index is 0.103. The van der Waals surface area contributed by atoms with E-state index in [0.29, 0.717) is 0 Å². The Balaban J connectivity index is 1.88. The van der Waals surface area contributed by atoms with E-state index >= 15 is 0 Å². The lowest BCUT2D eigenvalue weighted by molar-refractivity contribution is 0.0286. The third-order valence-electron chi connectivity index (χ3n) is 4.30. The lowest BCUT2D eigenvalue weighted by atomic mass is 9.98. The molecule has 1 aromatic rings. The zero-order valence-electron chi connectivity index (χ0n) is 11.0. The first-order chi connectivity index (χ1) is 9.06. The molecular weight excluding hydrogens is 306 g/mol. The fraction of sp³-hybridized carbons (Fsp3) is 0.533. The number of nitrogens with zero attached hydrogens (tertiary/aromatic N) is 1. The van der Waals surface area contributed by atoms with Gasteiger partial charge in [0.05, 0.1) is 11.7 Å². The van der Waals surface area contributed by atoms with Crippen LogP contribution in [0.5, 0.6) is 0 Å². The number of fused-ring (bicyclic) bond motifs is 2. The van der Waals surface area contributed by atoms with Gasteiger partial charge < -0.3 is 10.0 Å². The molecule has 3 rings (SSSR count). The number of carbonyl (C=O) groups excluding carboxylic acids is 1. The maximum Gasteiger partial charge on any atom is 0.255 e. The molecule has 2 aliphatic rings. The molecule has 1 aromatic carbocycles. The molecule has 2 aliphatic heterocycles. The number of hydrogen-bond donors (Lipinski definition) is 1. The van der Waals surface area contributed by atoms with Crippen molar-refractivity contribution in [2.75, 3.05) is 0 Å². The quantitative estimate of drug-likeness (QED) is 0.863. The van der Waals surface area contributed by atoms with Crippen LogP contribution in [0.1, 0.15) is 41.6 Å². The van der Waals surface area contributed by atoms with Crippen LogP contribution in [-0.4, -0.2) is 34.1 Å². The molecule has 2 bridgehead atoms. The van der Waals surface area contributed by atoms with Gasteiger partial charge in [-0.05, 0) is 66.2 Å². The highest BCUT2D eigenvalue weighted by molar-refractivity contribution is 9.10. The molecule has 0 saturated carbocycles. The maximum absolute atomic E-state index is 12.7. The lowest BCUT2D eigenvalue weighted by Gasteiger charge is -2.37. The van der Waals surface area contributed by atoms with Gasteiger partial charge in [0.25, 0.3) is 5.91 Å². The van der Waals surface area contributed by atoms with Gasteiger partial charge >= 0.3 is 0 Å². The molecule has 102 valence electrons. The van der Waals surface area contributed by atoms with E-state index in [1.165, 1.54) is 0 Å². The number of halogens is 1. The Morgan fingerprint density at radius 3 is 2.53 bits per heavy atom. The number of aryl methyl sites for hydroxylation is 1. The molecule has 1 amide bonds. The van der Waals surface area contributed by atoms with Crippen LogP contribution in [0.25, 0.3) is 0 Å². The van der Waals surface area contributed by atoms with Gasteiger partial charge in [0, 0.05) is 16.6 Å². The van der Waals surface area contributed by atoms with Crippen LogP contribution in [0, 0.1) is 6.92 Å². The van der Waals surface area contributed by atoms with Gasteiger partial charge in [0.1, 0.15) is 0 Å². The second-order valence-corrected chi connectivity index (χ2v) is 6.56. The zero-order chi connectivity index (χ0) is 13.6. The molecule has 4 heteroatoms. The molecule has 3 nitrogen and oxygen atoms in total. The van der Waals surface area contributed by atoms with E-state index < -0.39 is 0 Å². The van der Waals surface area contributed by atoms with Crippen molar-refractivity contribution in [3.05, 3.63) is 33.8 Å². The second-order valence-electron chi connectivity index (χ2n) is 5.71. The highest BCUT2D eigenvalue weighted by atomic mass is 79.9. The van der Waals surface area contributed by atoms with Crippen LogP contribution in [0.2, 0.25) is 0 Å².